The molecule has 2 heterocycles. The molecule has 2 aromatic rings. The van der Waals surface area contributed by atoms with Gasteiger partial charge in [-0.05, 0) is 44.2 Å². The molecule has 1 fully saturated rings. The van der Waals surface area contributed by atoms with Crippen LogP contribution in [-0.4, -0.2) is 41.6 Å². The maximum Gasteiger partial charge on any atom is 0.255 e. The first kappa shape index (κ1) is 15.1. The van der Waals surface area contributed by atoms with E-state index in [1.54, 1.807) is 0 Å². The summed E-state index contributed by atoms with van der Waals surface area (Å²) in [6.45, 7) is 7.28. The first-order chi connectivity index (χ1) is 10.6. The third-order valence-corrected chi connectivity index (χ3v) is 4.40. The van der Waals surface area contributed by atoms with Crippen molar-refractivity contribution in [1.82, 2.24) is 14.8 Å². The highest BCUT2D eigenvalue weighted by molar-refractivity contribution is 6.30. The number of aryl methyl sites for hydroxylation is 1. The standard InChI is InChI=1S/C17H20ClN3O/c1-12-11-16(17(22)20-9-7-19-8-10-20)13(2)21(12)15-5-3-14(18)4-6-15/h3-6,11,19H,7-10H2,1-2H3. The van der Waals surface area contributed by atoms with Gasteiger partial charge in [-0.1, -0.05) is 11.6 Å². The monoisotopic (exact) mass is 317 g/mol. The van der Waals surface area contributed by atoms with Gasteiger partial charge in [-0.15, -0.1) is 0 Å². The van der Waals surface area contributed by atoms with Gasteiger partial charge in [0.05, 0.1) is 5.56 Å². The lowest BCUT2D eigenvalue weighted by Gasteiger charge is -2.27. The zero-order valence-corrected chi connectivity index (χ0v) is 13.7. The first-order valence-corrected chi connectivity index (χ1v) is 7.90. The smallest absolute Gasteiger partial charge is 0.255 e. The highest BCUT2D eigenvalue weighted by atomic mass is 35.5. The van der Waals surface area contributed by atoms with Crippen LogP contribution in [0.15, 0.2) is 30.3 Å². The van der Waals surface area contributed by atoms with Crippen molar-refractivity contribution in [2.45, 2.75) is 13.8 Å². The van der Waals surface area contributed by atoms with Gasteiger partial charge in [-0.2, -0.15) is 0 Å². The fraction of sp³-hybridized carbons (Fsp3) is 0.353. The highest BCUT2D eigenvalue weighted by Gasteiger charge is 2.22. The molecule has 1 saturated heterocycles. The molecule has 0 aliphatic carbocycles. The summed E-state index contributed by atoms with van der Waals surface area (Å²) in [6.07, 6.45) is 0. The number of hydrogen-bond acceptors (Lipinski definition) is 2. The van der Waals surface area contributed by atoms with Crippen LogP contribution in [0.1, 0.15) is 21.7 Å². The third kappa shape index (κ3) is 2.76. The van der Waals surface area contributed by atoms with Crippen molar-refractivity contribution in [3.8, 4) is 5.69 Å². The molecule has 0 unspecified atom stereocenters. The molecule has 116 valence electrons. The fourth-order valence-electron chi connectivity index (χ4n) is 3.01. The van der Waals surface area contributed by atoms with E-state index in [0.717, 1.165) is 48.8 Å². The van der Waals surface area contributed by atoms with Gasteiger partial charge in [0.1, 0.15) is 0 Å². The minimum absolute atomic E-state index is 0.120. The molecule has 1 aromatic carbocycles. The van der Waals surface area contributed by atoms with Crippen LogP contribution in [0, 0.1) is 13.8 Å². The summed E-state index contributed by atoms with van der Waals surface area (Å²) in [6, 6.07) is 9.66. The molecule has 1 amide bonds. The largest absolute Gasteiger partial charge is 0.336 e. The molecule has 5 heteroatoms. The molecule has 0 saturated carbocycles. The number of carbonyl (C=O) groups is 1. The van der Waals surface area contributed by atoms with Gasteiger partial charge in [0.25, 0.3) is 5.91 Å². The van der Waals surface area contributed by atoms with E-state index in [-0.39, 0.29) is 5.91 Å². The average Bonchev–Trinajstić information content (AvgIpc) is 2.83. The Hall–Kier alpha value is -1.78. The molecule has 1 N–H and O–H groups in total. The SMILES string of the molecule is Cc1cc(C(=O)N2CCNCC2)c(C)n1-c1ccc(Cl)cc1. The van der Waals surface area contributed by atoms with Gasteiger partial charge < -0.3 is 14.8 Å². The zero-order chi connectivity index (χ0) is 15.7. The molecular weight excluding hydrogens is 298 g/mol. The summed E-state index contributed by atoms with van der Waals surface area (Å²) >= 11 is 5.96. The number of nitrogens with zero attached hydrogens (tertiary/aromatic N) is 2. The Kier molecular flexibility index (Phi) is 4.23. The van der Waals surface area contributed by atoms with Crippen molar-refractivity contribution < 1.29 is 4.79 Å². The highest BCUT2D eigenvalue weighted by Crippen LogP contribution is 2.23. The van der Waals surface area contributed by atoms with E-state index in [9.17, 15) is 4.79 Å². The molecule has 22 heavy (non-hydrogen) atoms. The Morgan fingerprint density at radius 3 is 2.41 bits per heavy atom. The van der Waals surface area contributed by atoms with Crippen molar-refractivity contribution in [3.63, 3.8) is 0 Å². The number of carbonyl (C=O) groups excluding carboxylic acids is 1. The molecule has 0 radical (unpaired) electrons. The minimum atomic E-state index is 0.120. The Balaban J connectivity index is 1.95. The van der Waals surface area contributed by atoms with Crippen molar-refractivity contribution in [2.75, 3.05) is 26.2 Å². The van der Waals surface area contributed by atoms with Crippen LogP contribution in [0.2, 0.25) is 5.02 Å². The van der Waals surface area contributed by atoms with Gasteiger partial charge >= 0.3 is 0 Å². The number of aromatic nitrogens is 1. The number of halogens is 1. The van der Waals surface area contributed by atoms with Crippen LogP contribution in [0.3, 0.4) is 0 Å². The number of hydrogen-bond donors (Lipinski definition) is 1. The van der Waals surface area contributed by atoms with E-state index in [4.69, 9.17) is 11.6 Å². The second kappa shape index (κ2) is 6.15. The summed E-state index contributed by atoms with van der Waals surface area (Å²) < 4.78 is 2.10. The predicted octanol–water partition coefficient (Wildman–Crippen LogP) is 2.79. The van der Waals surface area contributed by atoms with E-state index in [0.29, 0.717) is 5.02 Å². The van der Waals surface area contributed by atoms with Crippen LogP contribution in [0.25, 0.3) is 5.69 Å². The third-order valence-electron chi connectivity index (χ3n) is 4.15. The lowest BCUT2D eigenvalue weighted by atomic mass is 10.2. The molecule has 1 aliphatic heterocycles. The van der Waals surface area contributed by atoms with E-state index in [2.05, 4.69) is 9.88 Å². The molecule has 4 nitrogen and oxygen atoms in total. The minimum Gasteiger partial charge on any atom is -0.336 e. The number of piperazine rings is 1. The molecular formula is C17H20ClN3O. The quantitative estimate of drug-likeness (QED) is 0.925. The Labute approximate surface area is 135 Å². The predicted molar refractivity (Wildman–Crippen MR) is 89.0 cm³/mol. The Bertz CT molecular complexity index is 685. The lowest BCUT2D eigenvalue weighted by molar-refractivity contribution is 0.0735. The van der Waals surface area contributed by atoms with Crippen LogP contribution in [0.4, 0.5) is 0 Å². The van der Waals surface area contributed by atoms with E-state index in [1.807, 2.05) is 49.1 Å². The number of rotatable bonds is 2. The molecule has 0 atom stereocenters. The van der Waals surface area contributed by atoms with Gasteiger partial charge in [0.15, 0.2) is 0 Å². The second-order valence-electron chi connectivity index (χ2n) is 5.64. The number of amides is 1. The summed E-state index contributed by atoms with van der Waals surface area (Å²) in [7, 11) is 0. The molecule has 1 aromatic heterocycles. The number of benzene rings is 1. The van der Waals surface area contributed by atoms with Crippen molar-refractivity contribution in [3.05, 3.63) is 52.3 Å². The summed E-state index contributed by atoms with van der Waals surface area (Å²) in [5.74, 6) is 0.120. The van der Waals surface area contributed by atoms with Crippen molar-refractivity contribution in [1.29, 1.82) is 0 Å². The van der Waals surface area contributed by atoms with E-state index in [1.165, 1.54) is 0 Å². The molecule has 0 bridgehead atoms. The lowest BCUT2D eigenvalue weighted by Crippen LogP contribution is -2.46. The van der Waals surface area contributed by atoms with Gasteiger partial charge in [-0.3, -0.25) is 4.79 Å². The number of nitrogens with one attached hydrogen (secondary N) is 1. The first-order valence-electron chi connectivity index (χ1n) is 7.53. The van der Waals surface area contributed by atoms with Crippen molar-refractivity contribution in [2.24, 2.45) is 0 Å². The van der Waals surface area contributed by atoms with Crippen LogP contribution >= 0.6 is 11.6 Å². The summed E-state index contributed by atoms with van der Waals surface area (Å²) in [5, 5.41) is 3.98. The summed E-state index contributed by atoms with van der Waals surface area (Å²) in [5.41, 5.74) is 3.84. The molecule has 0 spiro atoms. The van der Waals surface area contributed by atoms with E-state index >= 15 is 0 Å². The van der Waals surface area contributed by atoms with Gasteiger partial charge in [0, 0.05) is 48.3 Å². The normalized spacial score (nSPS) is 15.1. The zero-order valence-electron chi connectivity index (χ0n) is 12.9. The Morgan fingerprint density at radius 1 is 1.14 bits per heavy atom. The van der Waals surface area contributed by atoms with Crippen LogP contribution in [-0.2, 0) is 0 Å². The average molecular weight is 318 g/mol. The maximum atomic E-state index is 12.7. The van der Waals surface area contributed by atoms with Crippen molar-refractivity contribution >= 4 is 17.5 Å². The summed E-state index contributed by atoms with van der Waals surface area (Å²) in [4.78, 5) is 14.7. The molecule has 1 aliphatic rings. The van der Waals surface area contributed by atoms with E-state index < -0.39 is 0 Å². The molecule has 3 rings (SSSR count). The van der Waals surface area contributed by atoms with Crippen LogP contribution < -0.4 is 5.32 Å². The second-order valence-corrected chi connectivity index (χ2v) is 6.08. The van der Waals surface area contributed by atoms with Gasteiger partial charge in [-0.25, -0.2) is 0 Å². The maximum absolute atomic E-state index is 12.7. The fourth-order valence-corrected chi connectivity index (χ4v) is 3.13. The Morgan fingerprint density at radius 2 is 1.77 bits per heavy atom. The van der Waals surface area contributed by atoms with Gasteiger partial charge in [0.2, 0.25) is 0 Å². The van der Waals surface area contributed by atoms with Crippen LogP contribution in [0.5, 0.6) is 0 Å². The topological polar surface area (TPSA) is 37.3 Å².